The standard InChI is InChI=1S/C10H14O2.C5H5.Fe/c1-3-5-8-6-4-7-9(8)10(11)12-2;1-2-4-5-3-1;/h4,6-7,11H,3,5H2,1-2H3;1-5H;/q;-1;/b10-9+;;. The molecule has 1 aliphatic rings. The molecule has 0 spiro atoms. The maximum atomic E-state index is 9.32. The summed E-state index contributed by atoms with van der Waals surface area (Å²) in [4.78, 5) is 0. The molecule has 0 atom stereocenters. The van der Waals surface area contributed by atoms with Crippen molar-refractivity contribution >= 4 is 0 Å². The second-order valence-electron chi connectivity index (χ2n) is 3.69. The molecule has 1 aromatic carbocycles. The predicted octanol–water partition coefficient (Wildman–Crippen LogP) is 4.10. The fourth-order valence-corrected chi connectivity index (χ4v) is 1.58. The van der Waals surface area contributed by atoms with Gasteiger partial charge in [0.15, 0.2) is 0 Å². The molecule has 0 radical (unpaired) electrons. The Kier molecular flexibility index (Phi) is 8.99. The molecule has 0 fully saturated rings. The molecular weight excluding hydrogens is 268 g/mol. The summed E-state index contributed by atoms with van der Waals surface area (Å²) in [5.74, 6) is 0.0171. The number of methoxy groups -OCH3 is 1. The van der Waals surface area contributed by atoms with E-state index in [2.05, 4.69) is 6.92 Å². The van der Waals surface area contributed by atoms with Crippen molar-refractivity contribution in [2.45, 2.75) is 19.8 Å². The van der Waals surface area contributed by atoms with Gasteiger partial charge in [-0.15, -0.1) is 0 Å². The van der Waals surface area contributed by atoms with E-state index in [1.165, 1.54) is 7.11 Å². The predicted molar refractivity (Wildman–Crippen MR) is 70.8 cm³/mol. The van der Waals surface area contributed by atoms with Crippen molar-refractivity contribution < 1.29 is 26.9 Å². The van der Waals surface area contributed by atoms with Crippen LogP contribution in [0.1, 0.15) is 19.8 Å². The number of hydrogen-bond donors (Lipinski definition) is 1. The van der Waals surface area contributed by atoms with Gasteiger partial charge in [-0.3, -0.25) is 0 Å². The molecule has 0 heterocycles. The first-order valence-corrected chi connectivity index (χ1v) is 5.81. The van der Waals surface area contributed by atoms with Gasteiger partial charge < -0.3 is 9.84 Å². The average Bonchev–Trinajstić information content (AvgIpc) is 3.02. The summed E-state index contributed by atoms with van der Waals surface area (Å²) < 4.78 is 4.75. The van der Waals surface area contributed by atoms with Crippen LogP contribution in [0, 0.1) is 0 Å². The van der Waals surface area contributed by atoms with Gasteiger partial charge in [0.2, 0.25) is 0 Å². The SMILES string of the molecule is CCCC1=CC=C/C1=C(/O)OC.[Fe].c1cc[cH-]c1. The summed E-state index contributed by atoms with van der Waals surface area (Å²) in [5.41, 5.74) is 1.97. The zero-order valence-corrected chi connectivity index (χ0v) is 11.8. The first kappa shape index (κ1) is 16.7. The molecule has 100 valence electrons. The van der Waals surface area contributed by atoms with Crippen molar-refractivity contribution in [2.24, 2.45) is 0 Å². The molecule has 1 N–H and O–H groups in total. The third-order valence-electron chi connectivity index (χ3n) is 2.40. The number of aliphatic hydroxyl groups is 1. The average molecular weight is 287 g/mol. The van der Waals surface area contributed by atoms with E-state index in [0.29, 0.717) is 0 Å². The van der Waals surface area contributed by atoms with Crippen LogP contribution in [0.5, 0.6) is 0 Å². The molecule has 18 heavy (non-hydrogen) atoms. The second-order valence-corrected chi connectivity index (χ2v) is 3.69. The fraction of sp³-hybridized carbons (Fsp3) is 0.267. The van der Waals surface area contributed by atoms with Crippen LogP contribution in [0.4, 0.5) is 0 Å². The number of ether oxygens (including phenoxy) is 1. The van der Waals surface area contributed by atoms with E-state index in [4.69, 9.17) is 4.74 Å². The summed E-state index contributed by atoms with van der Waals surface area (Å²) in [6.45, 7) is 2.11. The van der Waals surface area contributed by atoms with Gasteiger partial charge in [-0.05, 0) is 18.1 Å². The van der Waals surface area contributed by atoms with Gasteiger partial charge in [-0.25, -0.2) is 12.1 Å². The van der Waals surface area contributed by atoms with Gasteiger partial charge in [-0.2, -0.15) is 18.2 Å². The molecule has 1 aliphatic carbocycles. The minimum Gasteiger partial charge on any atom is -0.481 e. The summed E-state index contributed by atoms with van der Waals surface area (Å²) in [6, 6.07) is 10.0. The maximum Gasteiger partial charge on any atom is 0.284 e. The van der Waals surface area contributed by atoms with E-state index in [1.54, 1.807) is 0 Å². The zero-order valence-electron chi connectivity index (χ0n) is 10.7. The molecular formula is C15H19FeO2-. The molecule has 0 unspecified atom stereocenters. The smallest absolute Gasteiger partial charge is 0.284 e. The summed E-state index contributed by atoms with van der Waals surface area (Å²) >= 11 is 0. The van der Waals surface area contributed by atoms with E-state index in [1.807, 2.05) is 48.6 Å². The van der Waals surface area contributed by atoms with Crippen molar-refractivity contribution in [1.82, 2.24) is 0 Å². The van der Waals surface area contributed by atoms with Gasteiger partial charge in [0, 0.05) is 17.1 Å². The summed E-state index contributed by atoms with van der Waals surface area (Å²) in [5, 5.41) is 9.32. The number of hydrogen-bond acceptors (Lipinski definition) is 2. The Morgan fingerprint density at radius 1 is 1.33 bits per heavy atom. The van der Waals surface area contributed by atoms with Crippen molar-refractivity contribution in [3.63, 3.8) is 0 Å². The summed E-state index contributed by atoms with van der Waals surface area (Å²) in [7, 11) is 1.47. The van der Waals surface area contributed by atoms with Gasteiger partial charge in [-0.1, -0.05) is 25.5 Å². The van der Waals surface area contributed by atoms with Crippen LogP contribution < -0.4 is 0 Å². The molecule has 2 rings (SSSR count). The number of rotatable bonds is 3. The van der Waals surface area contributed by atoms with Gasteiger partial charge in [0.05, 0.1) is 12.7 Å². The third-order valence-corrected chi connectivity index (χ3v) is 2.40. The second kappa shape index (κ2) is 9.69. The molecule has 3 heteroatoms. The van der Waals surface area contributed by atoms with E-state index in [9.17, 15) is 5.11 Å². The van der Waals surface area contributed by atoms with E-state index in [0.717, 1.165) is 24.0 Å². The molecule has 0 amide bonds. The molecule has 1 aromatic rings. The van der Waals surface area contributed by atoms with Gasteiger partial charge >= 0.3 is 0 Å². The van der Waals surface area contributed by atoms with Gasteiger partial charge in [0.1, 0.15) is 0 Å². The van der Waals surface area contributed by atoms with Crippen LogP contribution in [0.15, 0.2) is 65.7 Å². The monoisotopic (exact) mass is 287 g/mol. The molecule has 2 nitrogen and oxygen atoms in total. The number of aliphatic hydroxyl groups excluding tert-OH is 1. The molecule has 0 aliphatic heterocycles. The van der Waals surface area contributed by atoms with Crippen molar-refractivity contribution in [3.05, 3.63) is 65.7 Å². The minimum absolute atomic E-state index is 0. The maximum absolute atomic E-state index is 9.32. The molecule has 0 aromatic heterocycles. The zero-order chi connectivity index (χ0) is 12.5. The normalized spacial score (nSPS) is 15.1. The van der Waals surface area contributed by atoms with Crippen molar-refractivity contribution in [3.8, 4) is 0 Å². The summed E-state index contributed by atoms with van der Waals surface area (Å²) in [6.07, 6.45) is 7.86. The largest absolute Gasteiger partial charge is 0.481 e. The fourth-order valence-electron chi connectivity index (χ4n) is 1.58. The van der Waals surface area contributed by atoms with Crippen molar-refractivity contribution in [2.75, 3.05) is 7.11 Å². The topological polar surface area (TPSA) is 29.5 Å². The molecule has 0 saturated heterocycles. The first-order chi connectivity index (χ1) is 8.29. The third kappa shape index (κ3) is 5.35. The van der Waals surface area contributed by atoms with Crippen LogP contribution in [0.3, 0.4) is 0 Å². The van der Waals surface area contributed by atoms with E-state index >= 15 is 0 Å². The van der Waals surface area contributed by atoms with Crippen LogP contribution in [0.2, 0.25) is 0 Å². The number of allylic oxidation sites excluding steroid dienone is 5. The Bertz CT molecular complexity index is 383. The quantitative estimate of drug-likeness (QED) is 0.515. The van der Waals surface area contributed by atoms with Crippen LogP contribution >= 0.6 is 0 Å². The van der Waals surface area contributed by atoms with Crippen molar-refractivity contribution in [1.29, 1.82) is 0 Å². The Morgan fingerprint density at radius 3 is 2.44 bits per heavy atom. The van der Waals surface area contributed by atoms with Crippen LogP contribution in [-0.2, 0) is 21.8 Å². The minimum atomic E-state index is 0. The Morgan fingerprint density at radius 2 is 2.00 bits per heavy atom. The molecule has 0 saturated carbocycles. The van der Waals surface area contributed by atoms with Crippen LogP contribution in [0.25, 0.3) is 0 Å². The Hall–Kier alpha value is -1.31. The first-order valence-electron chi connectivity index (χ1n) is 5.81. The van der Waals surface area contributed by atoms with E-state index < -0.39 is 0 Å². The van der Waals surface area contributed by atoms with E-state index in [-0.39, 0.29) is 23.0 Å². The van der Waals surface area contributed by atoms with Crippen LogP contribution in [-0.4, -0.2) is 12.2 Å². The van der Waals surface area contributed by atoms with Gasteiger partial charge in [0.25, 0.3) is 5.95 Å². The Balaban J connectivity index is 0.000000405. The Labute approximate surface area is 120 Å². The molecule has 0 bridgehead atoms.